The van der Waals surface area contributed by atoms with Crippen LogP contribution in [0.25, 0.3) is 6.08 Å². The summed E-state index contributed by atoms with van der Waals surface area (Å²) < 4.78 is 10.5. The molecule has 1 saturated heterocycles. The van der Waals surface area contributed by atoms with Crippen molar-refractivity contribution in [2.75, 3.05) is 26.2 Å². The molecule has 1 aliphatic heterocycles. The molecule has 24 heavy (non-hydrogen) atoms. The molecular weight excluding hydrogens is 304 g/mol. The maximum Gasteiger partial charge on any atom is 0.254 e. The van der Waals surface area contributed by atoms with E-state index in [1.54, 1.807) is 25.5 Å². The van der Waals surface area contributed by atoms with E-state index in [0.29, 0.717) is 23.8 Å². The molecular formula is C19H24N2O3. The molecule has 5 nitrogen and oxygen atoms in total. The van der Waals surface area contributed by atoms with Crippen LogP contribution < -0.4 is 5.32 Å². The molecule has 1 fully saturated rings. The Labute approximate surface area is 142 Å². The highest BCUT2D eigenvalue weighted by Gasteiger charge is 2.23. The topological polar surface area (TPSA) is 58.6 Å². The number of hydrogen-bond donors (Lipinski definition) is 1. The van der Waals surface area contributed by atoms with Crippen LogP contribution in [-0.4, -0.2) is 37.0 Å². The number of nitrogens with one attached hydrogen (secondary N) is 1. The van der Waals surface area contributed by atoms with Crippen LogP contribution in [0.2, 0.25) is 0 Å². The van der Waals surface area contributed by atoms with Crippen molar-refractivity contribution in [1.82, 2.24) is 10.2 Å². The second-order valence-corrected chi connectivity index (χ2v) is 6.50. The van der Waals surface area contributed by atoms with Gasteiger partial charge in [-0.15, -0.1) is 0 Å². The number of rotatable bonds is 6. The first-order chi connectivity index (χ1) is 11.6. The Balaban J connectivity index is 1.44. The lowest BCUT2D eigenvalue weighted by atomic mass is 10.1. The van der Waals surface area contributed by atoms with E-state index in [0.717, 1.165) is 31.8 Å². The summed E-state index contributed by atoms with van der Waals surface area (Å²) in [5, 5.41) is 3.02. The van der Waals surface area contributed by atoms with E-state index >= 15 is 0 Å². The maximum atomic E-state index is 12.1. The fraction of sp³-hybridized carbons (Fsp3) is 0.421. The van der Waals surface area contributed by atoms with Crippen LogP contribution in [0.5, 0.6) is 0 Å². The Kier molecular flexibility index (Phi) is 5.20. The summed E-state index contributed by atoms with van der Waals surface area (Å²) in [5.74, 6) is 2.01. The minimum atomic E-state index is -0.0476. The number of carbonyl (C=O) groups is 1. The third-order valence-corrected chi connectivity index (χ3v) is 4.43. The largest absolute Gasteiger partial charge is 0.469 e. The number of carbonyl (C=O) groups excluding carboxylic acids is 1. The van der Waals surface area contributed by atoms with Gasteiger partial charge in [0.15, 0.2) is 0 Å². The van der Waals surface area contributed by atoms with Crippen molar-refractivity contribution in [3.8, 4) is 0 Å². The van der Waals surface area contributed by atoms with Crippen LogP contribution in [0.4, 0.5) is 0 Å². The molecule has 0 saturated carbocycles. The van der Waals surface area contributed by atoms with Crippen LogP contribution in [-0.2, 0) is 0 Å². The molecule has 1 N–H and O–H groups in total. The maximum absolute atomic E-state index is 12.1. The van der Waals surface area contributed by atoms with E-state index < -0.39 is 0 Å². The van der Waals surface area contributed by atoms with Gasteiger partial charge in [-0.1, -0.05) is 5.57 Å². The molecule has 0 bridgehead atoms. The zero-order valence-corrected chi connectivity index (χ0v) is 14.2. The number of nitrogens with zero attached hydrogens (tertiary/aromatic N) is 1. The van der Waals surface area contributed by atoms with Crippen LogP contribution >= 0.6 is 0 Å². The molecule has 1 amide bonds. The predicted molar refractivity (Wildman–Crippen MR) is 92.7 cm³/mol. The van der Waals surface area contributed by atoms with E-state index in [4.69, 9.17) is 8.83 Å². The predicted octanol–water partition coefficient (Wildman–Crippen LogP) is 3.34. The molecule has 2 aromatic heterocycles. The standard InChI is InChI=1S/C19H24N2O3/c1-14(10-17-4-3-8-24-17)12-21-7-5-16(13-21)11-20-19(22)18-6-9-23-15(18)2/h3-4,6,8-10,16H,5,7,11-13H2,1-2H3,(H,20,22). The highest BCUT2D eigenvalue weighted by Crippen LogP contribution is 2.18. The molecule has 128 valence electrons. The summed E-state index contributed by atoms with van der Waals surface area (Å²) in [6.45, 7) is 7.65. The fourth-order valence-corrected chi connectivity index (χ4v) is 3.19. The minimum Gasteiger partial charge on any atom is -0.469 e. The van der Waals surface area contributed by atoms with Crippen LogP contribution in [0.3, 0.4) is 0 Å². The minimum absolute atomic E-state index is 0.0476. The van der Waals surface area contributed by atoms with E-state index in [9.17, 15) is 4.79 Å². The smallest absolute Gasteiger partial charge is 0.254 e. The average Bonchev–Trinajstić information content (AvgIpc) is 3.27. The summed E-state index contributed by atoms with van der Waals surface area (Å²) in [6.07, 6.45) is 6.43. The quantitative estimate of drug-likeness (QED) is 0.883. The first kappa shape index (κ1) is 16.6. The van der Waals surface area contributed by atoms with Gasteiger partial charge in [0.25, 0.3) is 5.91 Å². The van der Waals surface area contributed by atoms with Crippen molar-refractivity contribution in [1.29, 1.82) is 0 Å². The summed E-state index contributed by atoms with van der Waals surface area (Å²) in [6, 6.07) is 5.58. The Bertz CT molecular complexity index is 700. The Morgan fingerprint density at radius 3 is 2.96 bits per heavy atom. The highest BCUT2D eigenvalue weighted by atomic mass is 16.3. The lowest BCUT2D eigenvalue weighted by molar-refractivity contribution is 0.0946. The number of hydrogen-bond acceptors (Lipinski definition) is 4. The van der Waals surface area contributed by atoms with Gasteiger partial charge in [0.05, 0.1) is 18.1 Å². The van der Waals surface area contributed by atoms with E-state index in [1.807, 2.05) is 12.1 Å². The van der Waals surface area contributed by atoms with Crippen molar-refractivity contribution in [3.63, 3.8) is 0 Å². The summed E-state index contributed by atoms with van der Waals surface area (Å²) in [7, 11) is 0. The van der Waals surface area contributed by atoms with Gasteiger partial charge >= 0.3 is 0 Å². The van der Waals surface area contributed by atoms with Crippen LogP contribution in [0.15, 0.2) is 45.1 Å². The number of likely N-dealkylation sites (tertiary alicyclic amines) is 1. The SMILES string of the molecule is CC(=Cc1ccco1)CN1CCC(CNC(=O)c2ccoc2C)C1. The molecule has 0 aliphatic carbocycles. The summed E-state index contributed by atoms with van der Waals surface area (Å²) in [4.78, 5) is 14.5. The van der Waals surface area contributed by atoms with Gasteiger partial charge in [0.1, 0.15) is 11.5 Å². The number of amides is 1. The van der Waals surface area contributed by atoms with Gasteiger partial charge < -0.3 is 14.2 Å². The zero-order valence-electron chi connectivity index (χ0n) is 14.2. The van der Waals surface area contributed by atoms with Gasteiger partial charge in [-0.05, 0) is 57.0 Å². The number of aryl methyl sites for hydroxylation is 1. The normalized spacial score (nSPS) is 18.9. The van der Waals surface area contributed by atoms with Gasteiger partial charge in [0.2, 0.25) is 0 Å². The Hall–Kier alpha value is -2.27. The molecule has 0 spiro atoms. The molecule has 1 atom stereocenters. The van der Waals surface area contributed by atoms with E-state index in [-0.39, 0.29) is 5.91 Å². The molecule has 0 radical (unpaired) electrons. The zero-order chi connectivity index (χ0) is 16.9. The highest BCUT2D eigenvalue weighted by molar-refractivity contribution is 5.95. The van der Waals surface area contributed by atoms with Gasteiger partial charge in [-0.2, -0.15) is 0 Å². The molecule has 3 rings (SSSR count). The molecule has 1 unspecified atom stereocenters. The second-order valence-electron chi connectivity index (χ2n) is 6.50. The third kappa shape index (κ3) is 4.17. The summed E-state index contributed by atoms with van der Waals surface area (Å²) >= 11 is 0. The van der Waals surface area contributed by atoms with Crippen molar-refractivity contribution in [3.05, 3.63) is 53.4 Å². The average molecular weight is 328 g/mol. The van der Waals surface area contributed by atoms with Crippen molar-refractivity contribution < 1.29 is 13.6 Å². The molecule has 3 heterocycles. The Morgan fingerprint density at radius 1 is 1.38 bits per heavy atom. The lowest BCUT2D eigenvalue weighted by Crippen LogP contribution is -2.31. The third-order valence-electron chi connectivity index (χ3n) is 4.43. The fourth-order valence-electron chi connectivity index (χ4n) is 3.19. The monoisotopic (exact) mass is 328 g/mol. The van der Waals surface area contributed by atoms with Crippen molar-refractivity contribution in [2.24, 2.45) is 5.92 Å². The van der Waals surface area contributed by atoms with E-state index in [2.05, 4.69) is 23.2 Å². The summed E-state index contributed by atoms with van der Waals surface area (Å²) in [5.41, 5.74) is 1.91. The van der Waals surface area contributed by atoms with Crippen LogP contribution in [0, 0.1) is 12.8 Å². The van der Waals surface area contributed by atoms with Gasteiger partial charge in [-0.25, -0.2) is 0 Å². The lowest BCUT2D eigenvalue weighted by Gasteiger charge is -2.16. The van der Waals surface area contributed by atoms with Crippen molar-refractivity contribution in [2.45, 2.75) is 20.3 Å². The first-order valence-corrected chi connectivity index (χ1v) is 8.37. The van der Waals surface area contributed by atoms with Gasteiger partial charge in [0, 0.05) is 19.6 Å². The number of furan rings is 2. The molecule has 2 aromatic rings. The molecule has 1 aliphatic rings. The van der Waals surface area contributed by atoms with Gasteiger partial charge in [-0.3, -0.25) is 9.69 Å². The first-order valence-electron chi connectivity index (χ1n) is 8.37. The molecule has 0 aromatic carbocycles. The van der Waals surface area contributed by atoms with Crippen LogP contribution in [0.1, 0.15) is 35.2 Å². The Morgan fingerprint density at radius 2 is 2.25 bits per heavy atom. The molecule has 5 heteroatoms. The van der Waals surface area contributed by atoms with Crippen molar-refractivity contribution >= 4 is 12.0 Å². The second kappa shape index (κ2) is 7.53. The van der Waals surface area contributed by atoms with E-state index in [1.165, 1.54) is 5.57 Å².